The van der Waals surface area contributed by atoms with Gasteiger partial charge in [0.2, 0.25) is 0 Å². The Kier molecular flexibility index (Phi) is 13.3. The Bertz CT molecular complexity index is 192. The second-order valence-corrected chi connectivity index (χ2v) is 11.4. The summed E-state index contributed by atoms with van der Waals surface area (Å²) in [5.74, 6) is 0. The SMILES string of the molecule is C[CH]([Mg][CH](C)[PH](=O)O)[PH](=O)O.OP(O)O. The summed E-state index contributed by atoms with van der Waals surface area (Å²) in [7, 11) is -7.55. The summed E-state index contributed by atoms with van der Waals surface area (Å²) < 4.78 is 20.6. The predicted molar refractivity (Wildman–Crippen MR) is 60.7 cm³/mol. The fourth-order valence-corrected chi connectivity index (χ4v) is 6.23. The van der Waals surface area contributed by atoms with Crippen LogP contribution in [0.25, 0.3) is 0 Å². The van der Waals surface area contributed by atoms with Gasteiger partial charge in [-0.25, -0.2) is 0 Å². The van der Waals surface area contributed by atoms with Crippen LogP contribution in [-0.4, -0.2) is 52.4 Å². The highest BCUT2D eigenvalue weighted by molar-refractivity contribution is 7.45. The number of hydrogen-bond donors (Lipinski definition) is 5. The molecule has 0 rings (SSSR count). The fourth-order valence-electron chi connectivity index (χ4n) is 0.732. The van der Waals surface area contributed by atoms with E-state index >= 15 is 0 Å². The molecule has 0 radical (unpaired) electrons. The molecule has 0 aromatic heterocycles. The molecule has 0 aliphatic rings. The molecule has 11 heteroatoms. The van der Waals surface area contributed by atoms with Crippen molar-refractivity contribution in [3.05, 3.63) is 0 Å². The first kappa shape index (κ1) is 18.8. The maximum Gasteiger partial charge on any atom is 0.402 e. The van der Waals surface area contributed by atoms with Crippen molar-refractivity contribution in [1.82, 2.24) is 0 Å². The lowest BCUT2D eigenvalue weighted by Crippen LogP contribution is -2.18. The van der Waals surface area contributed by atoms with E-state index in [1.54, 1.807) is 13.8 Å². The molecule has 90 valence electrons. The molecule has 0 aromatic carbocycles. The number of hydrogen-bond acceptors (Lipinski definition) is 5. The van der Waals surface area contributed by atoms with Crippen LogP contribution in [0.4, 0.5) is 0 Å². The maximum absolute atomic E-state index is 10.5. The molecule has 5 N–H and O–H groups in total. The molecular weight excluding hydrogens is 277 g/mol. The molecule has 0 spiro atoms. The van der Waals surface area contributed by atoms with Crippen LogP contribution in [-0.2, 0) is 9.13 Å². The second-order valence-electron chi connectivity index (χ2n) is 2.98. The minimum Gasteiger partial charge on any atom is -0.348 e. The smallest absolute Gasteiger partial charge is 0.348 e. The van der Waals surface area contributed by atoms with Gasteiger partial charge in [-0.05, 0) is 0 Å². The molecule has 0 aliphatic carbocycles. The molecule has 0 bridgehead atoms. The molecule has 0 amide bonds. The average Bonchev–Trinajstić information content (AvgIpc) is 2.02. The van der Waals surface area contributed by atoms with Gasteiger partial charge < -0.3 is 24.5 Å². The third-order valence-corrected chi connectivity index (χ3v) is 8.16. The minimum absolute atomic E-state index is 0.212. The molecule has 0 saturated carbocycles. The van der Waals surface area contributed by atoms with E-state index in [9.17, 15) is 9.13 Å². The Balaban J connectivity index is 0. The lowest BCUT2D eigenvalue weighted by molar-refractivity contribution is 0.368. The molecule has 0 fully saturated rings. The molecule has 15 heavy (non-hydrogen) atoms. The van der Waals surface area contributed by atoms with Crippen molar-refractivity contribution in [2.75, 3.05) is 0 Å². The first-order valence-corrected chi connectivity index (χ1v) is 9.70. The van der Waals surface area contributed by atoms with Crippen LogP contribution < -0.4 is 0 Å². The van der Waals surface area contributed by atoms with Gasteiger partial charge in [-0.3, -0.25) is 9.13 Å². The van der Waals surface area contributed by atoms with Gasteiger partial charge in [0.05, 0.1) is 0 Å². The van der Waals surface area contributed by atoms with Crippen molar-refractivity contribution < 1.29 is 33.6 Å². The maximum atomic E-state index is 10.5. The lowest BCUT2D eigenvalue weighted by atomic mass is 10.9. The van der Waals surface area contributed by atoms with Gasteiger partial charge in [0.25, 0.3) is 0 Å². The van der Waals surface area contributed by atoms with Gasteiger partial charge in [-0.2, -0.15) is 0 Å². The molecule has 7 nitrogen and oxygen atoms in total. The van der Waals surface area contributed by atoms with Crippen molar-refractivity contribution in [1.29, 1.82) is 0 Å². The van der Waals surface area contributed by atoms with Crippen molar-refractivity contribution in [3.63, 3.8) is 0 Å². The third-order valence-electron chi connectivity index (χ3n) is 1.55. The monoisotopic (exact) mass is 292 g/mol. The van der Waals surface area contributed by atoms with E-state index in [4.69, 9.17) is 24.5 Å². The molecule has 0 aromatic rings. The van der Waals surface area contributed by atoms with Crippen LogP contribution in [0.1, 0.15) is 13.8 Å². The van der Waals surface area contributed by atoms with Crippen LogP contribution in [0.2, 0.25) is 0 Å². The quantitative estimate of drug-likeness (QED) is 0.348. The van der Waals surface area contributed by atoms with Crippen molar-refractivity contribution in [2.45, 2.75) is 21.4 Å². The molecule has 0 saturated heterocycles. The zero-order valence-corrected chi connectivity index (χ0v) is 12.7. The predicted octanol–water partition coefficient (Wildman–Crippen LogP) is -0.493. The van der Waals surface area contributed by atoms with Crippen LogP contribution in [0.15, 0.2) is 0 Å². The van der Waals surface area contributed by atoms with E-state index in [1.165, 1.54) is 0 Å². The van der Waals surface area contributed by atoms with Crippen LogP contribution in [0.5, 0.6) is 0 Å². The van der Waals surface area contributed by atoms with Crippen molar-refractivity contribution >= 4 is 45.0 Å². The zero-order valence-electron chi connectivity index (χ0n) is 8.36. The summed E-state index contributed by atoms with van der Waals surface area (Å²) in [6.45, 7) is 3.35. The van der Waals surface area contributed by atoms with Crippen LogP contribution in [0, 0.1) is 0 Å². The summed E-state index contributed by atoms with van der Waals surface area (Å²) in [6, 6.07) is 0. The summed E-state index contributed by atoms with van der Waals surface area (Å²) in [6.07, 6.45) is 0. The van der Waals surface area contributed by atoms with Crippen molar-refractivity contribution in [3.8, 4) is 0 Å². The van der Waals surface area contributed by atoms with Gasteiger partial charge in [0.1, 0.15) is 0 Å². The summed E-state index contributed by atoms with van der Waals surface area (Å²) in [4.78, 5) is 39.0. The lowest BCUT2D eigenvalue weighted by Gasteiger charge is -2.08. The van der Waals surface area contributed by atoms with Crippen molar-refractivity contribution in [2.24, 2.45) is 0 Å². The number of rotatable bonds is 4. The first-order valence-electron chi connectivity index (χ1n) is 4.00. The summed E-state index contributed by atoms with van der Waals surface area (Å²) >= 11 is -0.869. The Labute approximate surface area is 100.0 Å². The standard InChI is InChI=1S/2C2H6O2P.Mg.H3O3P/c2*1-2-5(3)4;;1-4(2)3/h2*2,5H,1H3,(H,3,4);;1-3H. The zero-order chi connectivity index (χ0) is 12.6. The molecule has 0 aliphatic heterocycles. The normalized spacial score (nSPS) is 18.1. The van der Waals surface area contributed by atoms with Gasteiger partial charge in [0.15, 0.2) is 16.1 Å². The van der Waals surface area contributed by atoms with E-state index in [2.05, 4.69) is 0 Å². The van der Waals surface area contributed by atoms with E-state index in [0.29, 0.717) is 0 Å². The van der Waals surface area contributed by atoms with Gasteiger partial charge >= 0.3 is 29.0 Å². The molecule has 0 heterocycles. The molecular formula is C4H15MgO7P3. The van der Waals surface area contributed by atoms with E-state index in [-0.39, 0.29) is 7.58 Å². The Morgan fingerprint density at radius 1 is 1.00 bits per heavy atom. The fraction of sp³-hybridized carbons (Fsp3) is 1.00. The minimum atomic E-state index is -2.62. The van der Waals surface area contributed by atoms with Crippen LogP contribution in [0.3, 0.4) is 0 Å². The van der Waals surface area contributed by atoms with Gasteiger partial charge in [0, 0.05) is 0 Å². The Hall–Kier alpha value is 1.46. The van der Waals surface area contributed by atoms with Gasteiger partial charge in [-0.1, -0.05) is 21.4 Å². The molecule has 4 atom stereocenters. The summed E-state index contributed by atoms with van der Waals surface area (Å²) in [5.41, 5.74) is 0. The highest BCUT2D eigenvalue weighted by Crippen LogP contribution is 2.27. The third kappa shape index (κ3) is 15.5. The topological polar surface area (TPSA) is 135 Å². The Morgan fingerprint density at radius 3 is 1.33 bits per heavy atom. The van der Waals surface area contributed by atoms with E-state index < -0.39 is 45.0 Å². The Morgan fingerprint density at radius 2 is 1.20 bits per heavy atom. The highest BCUT2D eigenvalue weighted by atomic mass is 31.2. The largest absolute Gasteiger partial charge is 0.402 e. The summed E-state index contributed by atoms with van der Waals surface area (Å²) in [5, 5.41) is 0. The first-order chi connectivity index (χ1) is 6.68. The van der Waals surface area contributed by atoms with E-state index in [0.717, 1.165) is 0 Å². The second kappa shape index (κ2) is 10.6. The molecule has 4 unspecified atom stereocenters. The highest BCUT2D eigenvalue weighted by Gasteiger charge is 2.20. The average molecular weight is 292 g/mol. The van der Waals surface area contributed by atoms with Gasteiger partial charge in [-0.15, -0.1) is 0 Å². The van der Waals surface area contributed by atoms with E-state index in [1.807, 2.05) is 0 Å². The van der Waals surface area contributed by atoms with Crippen LogP contribution >= 0.6 is 24.7 Å².